The van der Waals surface area contributed by atoms with Gasteiger partial charge in [0.2, 0.25) is 0 Å². The van der Waals surface area contributed by atoms with Crippen LogP contribution in [0.25, 0.3) is 0 Å². The number of nitrogens with one attached hydrogen (secondary N) is 1. The minimum atomic E-state index is -0.589. The number of anilines is 2. The first-order valence-electron chi connectivity index (χ1n) is 6.05. The highest BCUT2D eigenvalue weighted by Crippen LogP contribution is 2.15. The molecule has 0 atom stereocenters. The molecule has 0 saturated heterocycles. The van der Waals surface area contributed by atoms with E-state index >= 15 is 0 Å². The van der Waals surface area contributed by atoms with E-state index in [1.54, 1.807) is 0 Å². The molecule has 2 rings (SSSR count). The molecule has 0 aliphatic carbocycles. The standard InChI is InChI=1S/C15H15FN2O/c1-2-10-3-6-12(7-4-10)18-15(19)11-5-8-14(17)13(16)9-11/h3-9H,2,17H2,1H3,(H,18,19). The molecule has 0 aromatic heterocycles. The van der Waals surface area contributed by atoms with E-state index in [1.165, 1.54) is 17.7 Å². The van der Waals surface area contributed by atoms with Gasteiger partial charge in [-0.25, -0.2) is 4.39 Å². The van der Waals surface area contributed by atoms with Crippen molar-refractivity contribution >= 4 is 17.3 Å². The molecule has 0 aliphatic heterocycles. The molecular weight excluding hydrogens is 243 g/mol. The van der Waals surface area contributed by atoms with Gasteiger partial charge in [0.25, 0.3) is 5.91 Å². The number of aryl methyl sites for hydroxylation is 1. The van der Waals surface area contributed by atoms with Crippen LogP contribution in [0.5, 0.6) is 0 Å². The van der Waals surface area contributed by atoms with Crippen LogP contribution in [-0.2, 0) is 6.42 Å². The van der Waals surface area contributed by atoms with Crippen LogP contribution in [0, 0.1) is 5.82 Å². The molecule has 0 heterocycles. The van der Waals surface area contributed by atoms with Crippen LogP contribution in [0.3, 0.4) is 0 Å². The summed E-state index contributed by atoms with van der Waals surface area (Å²) in [5.74, 6) is -0.947. The minimum Gasteiger partial charge on any atom is -0.396 e. The maximum atomic E-state index is 13.3. The van der Waals surface area contributed by atoms with Crippen molar-refractivity contribution in [1.29, 1.82) is 0 Å². The zero-order valence-corrected chi connectivity index (χ0v) is 10.6. The van der Waals surface area contributed by atoms with Gasteiger partial charge in [-0.3, -0.25) is 4.79 Å². The number of nitrogen functional groups attached to an aromatic ring is 1. The fraction of sp³-hybridized carbons (Fsp3) is 0.133. The summed E-state index contributed by atoms with van der Waals surface area (Å²) in [6.45, 7) is 2.06. The zero-order valence-electron chi connectivity index (χ0n) is 10.6. The maximum absolute atomic E-state index is 13.3. The quantitative estimate of drug-likeness (QED) is 0.830. The SMILES string of the molecule is CCc1ccc(NC(=O)c2ccc(N)c(F)c2)cc1. The van der Waals surface area contributed by atoms with Crippen molar-refractivity contribution < 1.29 is 9.18 Å². The summed E-state index contributed by atoms with van der Waals surface area (Å²) in [7, 11) is 0. The fourth-order valence-electron chi connectivity index (χ4n) is 1.70. The highest BCUT2D eigenvalue weighted by atomic mass is 19.1. The Balaban J connectivity index is 2.13. The largest absolute Gasteiger partial charge is 0.396 e. The third kappa shape index (κ3) is 3.10. The summed E-state index contributed by atoms with van der Waals surface area (Å²) in [6, 6.07) is 11.5. The van der Waals surface area contributed by atoms with Crippen LogP contribution in [0.1, 0.15) is 22.8 Å². The highest BCUT2D eigenvalue weighted by molar-refractivity contribution is 6.04. The number of nitrogens with two attached hydrogens (primary N) is 1. The van der Waals surface area contributed by atoms with Crippen molar-refractivity contribution in [2.24, 2.45) is 0 Å². The molecule has 3 nitrogen and oxygen atoms in total. The van der Waals surface area contributed by atoms with E-state index in [0.717, 1.165) is 12.5 Å². The molecule has 2 aromatic carbocycles. The Morgan fingerprint density at radius 1 is 1.21 bits per heavy atom. The number of rotatable bonds is 3. The summed E-state index contributed by atoms with van der Waals surface area (Å²) < 4.78 is 13.3. The second kappa shape index (κ2) is 5.52. The van der Waals surface area contributed by atoms with Gasteiger partial charge < -0.3 is 11.1 Å². The van der Waals surface area contributed by atoms with Gasteiger partial charge in [-0.1, -0.05) is 19.1 Å². The van der Waals surface area contributed by atoms with Crippen LogP contribution < -0.4 is 11.1 Å². The lowest BCUT2D eigenvalue weighted by molar-refractivity contribution is 0.102. The highest BCUT2D eigenvalue weighted by Gasteiger charge is 2.08. The Hall–Kier alpha value is -2.36. The van der Waals surface area contributed by atoms with E-state index in [1.807, 2.05) is 24.3 Å². The molecule has 0 radical (unpaired) electrons. The van der Waals surface area contributed by atoms with Gasteiger partial charge in [0.1, 0.15) is 5.82 Å². The molecule has 0 spiro atoms. The smallest absolute Gasteiger partial charge is 0.255 e. The van der Waals surface area contributed by atoms with E-state index in [4.69, 9.17) is 5.73 Å². The van der Waals surface area contributed by atoms with Crippen LogP contribution in [0.2, 0.25) is 0 Å². The summed E-state index contributed by atoms with van der Waals surface area (Å²) >= 11 is 0. The summed E-state index contributed by atoms with van der Waals surface area (Å²) in [6.07, 6.45) is 0.942. The number of carbonyl (C=O) groups is 1. The summed E-state index contributed by atoms with van der Waals surface area (Å²) in [5, 5.41) is 2.71. The van der Waals surface area contributed by atoms with E-state index in [2.05, 4.69) is 12.2 Å². The lowest BCUT2D eigenvalue weighted by Crippen LogP contribution is -2.12. The van der Waals surface area contributed by atoms with Crippen molar-refractivity contribution in [3.05, 3.63) is 59.4 Å². The lowest BCUT2D eigenvalue weighted by Gasteiger charge is -2.06. The molecule has 0 fully saturated rings. The monoisotopic (exact) mass is 258 g/mol. The number of benzene rings is 2. The third-order valence-electron chi connectivity index (χ3n) is 2.88. The zero-order chi connectivity index (χ0) is 13.8. The Morgan fingerprint density at radius 3 is 2.47 bits per heavy atom. The average Bonchev–Trinajstić information content (AvgIpc) is 2.42. The Bertz CT molecular complexity index is 594. The van der Waals surface area contributed by atoms with Crippen molar-refractivity contribution in [1.82, 2.24) is 0 Å². The van der Waals surface area contributed by atoms with Crippen molar-refractivity contribution in [2.45, 2.75) is 13.3 Å². The first kappa shape index (κ1) is 13.1. The fourth-order valence-corrected chi connectivity index (χ4v) is 1.70. The first-order valence-corrected chi connectivity index (χ1v) is 6.05. The molecule has 98 valence electrons. The van der Waals surface area contributed by atoms with Gasteiger partial charge in [0.05, 0.1) is 5.69 Å². The van der Waals surface area contributed by atoms with Crippen LogP contribution in [0.4, 0.5) is 15.8 Å². The Labute approximate surface area is 111 Å². The topological polar surface area (TPSA) is 55.1 Å². The number of carbonyl (C=O) groups excluding carboxylic acids is 1. The van der Waals surface area contributed by atoms with Gasteiger partial charge in [0.15, 0.2) is 0 Å². The summed E-state index contributed by atoms with van der Waals surface area (Å²) in [4.78, 5) is 11.9. The van der Waals surface area contributed by atoms with Crippen LogP contribution in [0.15, 0.2) is 42.5 Å². The second-order valence-corrected chi connectivity index (χ2v) is 4.24. The number of halogens is 1. The van der Waals surface area contributed by atoms with Gasteiger partial charge in [-0.2, -0.15) is 0 Å². The molecule has 0 aliphatic rings. The van der Waals surface area contributed by atoms with Gasteiger partial charge >= 0.3 is 0 Å². The molecule has 4 heteroatoms. The third-order valence-corrected chi connectivity index (χ3v) is 2.88. The number of hydrogen-bond donors (Lipinski definition) is 2. The van der Waals surface area contributed by atoms with E-state index < -0.39 is 5.82 Å². The molecule has 2 aromatic rings. The summed E-state index contributed by atoms with van der Waals surface area (Å²) in [5.41, 5.74) is 7.51. The molecule has 0 bridgehead atoms. The van der Waals surface area contributed by atoms with Gasteiger partial charge in [-0.15, -0.1) is 0 Å². The van der Waals surface area contributed by atoms with E-state index in [0.29, 0.717) is 5.69 Å². The van der Waals surface area contributed by atoms with Gasteiger partial charge in [0, 0.05) is 11.3 Å². The molecule has 3 N–H and O–H groups in total. The Kier molecular flexibility index (Phi) is 3.80. The van der Waals surface area contributed by atoms with Crippen LogP contribution in [-0.4, -0.2) is 5.91 Å². The molecule has 0 saturated carbocycles. The van der Waals surface area contributed by atoms with Crippen LogP contribution >= 0.6 is 0 Å². The molecule has 19 heavy (non-hydrogen) atoms. The average molecular weight is 258 g/mol. The van der Waals surface area contributed by atoms with Crippen molar-refractivity contribution in [3.63, 3.8) is 0 Å². The molecular formula is C15H15FN2O. The number of hydrogen-bond acceptors (Lipinski definition) is 2. The van der Waals surface area contributed by atoms with Crippen molar-refractivity contribution in [3.8, 4) is 0 Å². The number of amides is 1. The van der Waals surface area contributed by atoms with E-state index in [9.17, 15) is 9.18 Å². The maximum Gasteiger partial charge on any atom is 0.255 e. The van der Waals surface area contributed by atoms with Crippen molar-refractivity contribution in [2.75, 3.05) is 11.1 Å². The lowest BCUT2D eigenvalue weighted by atomic mass is 10.1. The van der Waals surface area contributed by atoms with Gasteiger partial charge in [-0.05, 0) is 42.3 Å². The minimum absolute atomic E-state index is 0.0313. The van der Waals surface area contributed by atoms with E-state index in [-0.39, 0.29) is 17.2 Å². The molecule has 1 amide bonds. The predicted molar refractivity (Wildman–Crippen MR) is 74.6 cm³/mol. The second-order valence-electron chi connectivity index (χ2n) is 4.24. The normalized spacial score (nSPS) is 10.2. The Morgan fingerprint density at radius 2 is 1.89 bits per heavy atom. The molecule has 0 unspecified atom stereocenters. The first-order chi connectivity index (χ1) is 9.10. The predicted octanol–water partition coefficient (Wildman–Crippen LogP) is 3.22.